The normalized spacial score (nSPS) is 16.6. The molecule has 8 heteroatoms. The third-order valence-corrected chi connectivity index (χ3v) is 7.96. The number of aromatic amines is 1. The predicted octanol–water partition coefficient (Wildman–Crippen LogP) is 5.16. The molecular weight excluding hydrogens is 456 g/mol. The first-order valence-electron chi connectivity index (χ1n) is 12.0. The van der Waals surface area contributed by atoms with E-state index in [1.807, 2.05) is 39.9 Å². The van der Waals surface area contributed by atoms with Crippen LogP contribution in [-0.4, -0.2) is 50.0 Å². The standard InChI is InChI=1S/C27H28N6OS/c1-16(2)23-24(19-11-17(3)26-29-15-30-33(26)13-19)31-20-12-22(35-25(20)23)27(34)32-10-9-28-21(14-32)18-7-5-4-6-8-18/h4-8,11-13,15-16,21,28,31H,9-10,14H2,1-3H3/t21-/m0/s1. The van der Waals surface area contributed by atoms with Gasteiger partial charge >= 0.3 is 0 Å². The minimum Gasteiger partial charge on any atom is -0.354 e. The van der Waals surface area contributed by atoms with Gasteiger partial charge in [0.25, 0.3) is 5.91 Å². The van der Waals surface area contributed by atoms with Crippen molar-refractivity contribution < 1.29 is 4.79 Å². The summed E-state index contributed by atoms with van der Waals surface area (Å²) in [6.45, 7) is 8.65. The van der Waals surface area contributed by atoms with Crippen LogP contribution >= 0.6 is 11.3 Å². The molecule has 2 N–H and O–H groups in total. The molecule has 1 aromatic carbocycles. The summed E-state index contributed by atoms with van der Waals surface area (Å²) in [4.78, 5) is 24.3. The number of thiophene rings is 1. The van der Waals surface area contributed by atoms with Gasteiger partial charge in [-0.15, -0.1) is 11.3 Å². The third kappa shape index (κ3) is 3.83. The number of fused-ring (bicyclic) bond motifs is 2. The lowest BCUT2D eigenvalue weighted by atomic mass is 9.99. The molecule has 5 heterocycles. The van der Waals surface area contributed by atoms with Gasteiger partial charge < -0.3 is 15.2 Å². The number of aryl methyl sites for hydroxylation is 1. The molecule has 35 heavy (non-hydrogen) atoms. The molecule has 178 valence electrons. The number of amides is 1. The van der Waals surface area contributed by atoms with Crippen LogP contribution in [0.2, 0.25) is 0 Å². The lowest BCUT2D eigenvalue weighted by Gasteiger charge is -2.33. The number of hydrogen-bond acceptors (Lipinski definition) is 5. The van der Waals surface area contributed by atoms with Gasteiger partial charge in [-0.25, -0.2) is 9.50 Å². The molecule has 4 aromatic heterocycles. The minimum absolute atomic E-state index is 0.109. The van der Waals surface area contributed by atoms with Crippen LogP contribution in [-0.2, 0) is 0 Å². The molecule has 5 aromatic rings. The maximum Gasteiger partial charge on any atom is 0.264 e. The van der Waals surface area contributed by atoms with E-state index in [2.05, 4.69) is 59.4 Å². The van der Waals surface area contributed by atoms with E-state index in [1.165, 1.54) is 11.1 Å². The van der Waals surface area contributed by atoms with Crippen molar-refractivity contribution in [3.05, 3.63) is 76.6 Å². The van der Waals surface area contributed by atoms with Crippen molar-refractivity contribution in [1.82, 2.24) is 29.8 Å². The van der Waals surface area contributed by atoms with Gasteiger partial charge in [0.1, 0.15) is 6.33 Å². The predicted molar refractivity (Wildman–Crippen MR) is 140 cm³/mol. The molecule has 1 fully saturated rings. The zero-order valence-corrected chi connectivity index (χ0v) is 20.9. The number of nitrogens with zero attached hydrogens (tertiary/aromatic N) is 4. The first kappa shape index (κ1) is 22.0. The first-order valence-corrected chi connectivity index (χ1v) is 12.8. The van der Waals surface area contributed by atoms with E-state index in [9.17, 15) is 4.79 Å². The second kappa shape index (κ2) is 8.62. The summed E-state index contributed by atoms with van der Waals surface area (Å²) in [5, 5.41) is 7.89. The van der Waals surface area contributed by atoms with Crippen LogP contribution in [0.25, 0.3) is 27.1 Å². The first-order chi connectivity index (χ1) is 17.0. The van der Waals surface area contributed by atoms with E-state index >= 15 is 0 Å². The van der Waals surface area contributed by atoms with Crippen LogP contribution in [0, 0.1) is 6.92 Å². The highest BCUT2D eigenvalue weighted by Gasteiger charge is 2.28. The molecule has 0 saturated carbocycles. The lowest BCUT2D eigenvalue weighted by Crippen LogP contribution is -2.48. The van der Waals surface area contributed by atoms with E-state index in [-0.39, 0.29) is 11.9 Å². The Labute approximate surface area is 207 Å². The number of benzene rings is 1. The molecule has 1 aliphatic rings. The summed E-state index contributed by atoms with van der Waals surface area (Å²) < 4.78 is 2.98. The van der Waals surface area contributed by atoms with Crippen LogP contribution in [0.15, 0.2) is 55.0 Å². The molecule has 0 aliphatic carbocycles. The Hall–Kier alpha value is -3.49. The average Bonchev–Trinajstić information content (AvgIpc) is 3.58. The average molecular weight is 485 g/mol. The Balaban J connectivity index is 1.34. The van der Waals surface area contributed by atoms with Crippen molar-refractivity contribution in [2.24, 2.45) is 0 Å². The van der Waals surface area contributed by atoms with Gasteiger partial charge in [0, 0.05) is 37.4 Å². The number of carbonyl (C=O) groups is 1. The molecule has 0 bridgehead atoms. The Morgan fingerprint density at radius 1 is 1.20 bits per heavy atom. The highest BCUT2D eigenvalue weighted by atomic mass is 32.1. The number of carbonyl (C=O) groups excluding carboxylic acids is 1. The summed E-state index contributed by atoms with van der Waals surface area (Å²) >= 11 is 1.60. The number of aromatic nitrogens is 4. The fourth-order valence-electron chi connectivity index (χ4n) is 5.11. The van der Waals surface area contributed by atoms with E-state index in [0.29, 0.717) is 19.0 Å². The molecule has 1 saturated heterocycles. The molecule has 1 atom stereocenters. The van der Waals surface area contributed by atoms with Crippen molar-refractivity contribution in [2.75, 3.05) is 19.6 Å². The zero-order chi connectivity index (χ0) is 24.1. The van der Waals surface area contributed by atoms with Gasteiger partial charge in [0.15, 0.2) is 5.65 Å². The van der Waals surface area contributed by atoms with Crippen LogP contribution in [0.5, 0.6) is 0 Å². The fourth-order valence-corrected chi connectivity index (χ4v) is 6.39. The SMILES string of the molecule is Cc1cc(-c2[nH]c3cc(C(=O)N4CCN[C@H](c5ccccc5)C4)sc3c2C(C)C)cn2ncnc12. The van der Waals surface area contributed by atoms with E-state index < -0.39 is 0 Å². The Bertz CT molecular complexity index is 1530. The topological polar surface area (TPSA) is 78.3 Å². The van der Waals surface area contributed by atoms with Gasteiger partial charge in [-0.05, 0) is 41.7 Å². The van der Waals surface area contributed by atoms with Crippen molar-refractivity contribution in [1.29, 1.82) is 0 Å². The molecule has 1 aliphatic heterocycles. The summed E-state index contributed by atoms with van der Waals surface area (Å²) in [7, 11) is 0. The molecule has 0 unspecified atom stereocenters. The second-order valence-corrected chi connectivity index (χ2v) is 10.6. The third-order valence-electron chi connectivity index (χ3n) is 6.81. The molecule has 7 nitrogen and oxygen atoms in total. The number of rotatable bonds is 4. The number of H-pyrrole nitrogens is 1. The molecular formula is C27H28N6OS. The van der Waals surface area contributed by atoms with E-state index in [4.69, 9.17) is 0 Å². The van der Waals surface area contributed by atoms with Crippen LogP contribution in [0.3, 0.4) is 0 Å². The van der Waals surface area contributed by atoms with Gasteiger partial charge in [-0.2, -0.15) is 5.10 Å². The maximum absolute atomic E-state index is 13.5. The number of nitrogens with one attached hydrogen (secondary N) is 2. The van der Waals surface area contributed by atoms with Gasteiger partial charge in [-0.3, -0.25) is 4.79 Å². The molecule has 6 rings (SSSR count). The van der Waals surface area contributed by atoms with Gasteiger partial charge in [0.05, 0.1) is 20.8 Å². The largest absolute Gasteiger partial charge is 0.354 e. The summed E-state index contributed by atoms with van der Waals surface area (Å²) in [6, 6.07) is 14.7. The zero-order valence-electron chi connectivity index (χ0n) is 20.1. The second-order valence-electron chi connectivity index (χ2n) is 9.53. The highest BCUT2D eigenvalue weighted by Crippen LogP contribution is 2.40. The van der Waals surface area contributed by atoms with E-state index in [0.717, 1.165) is 44.1 Å². The molecule has 0 spiro atoms. The Morgan fingerprint density at radius 3 is 2.83 bits per heavy atom. The van der Waals surface area contributed by atoms with Crippen LogP contribution in [0.1, 0.15) is 52.2 Å². The van der Waals surface area contributed by atoms with Gasteiger partial charge in [0.2, 0.25) is 0 Å². The van der Waals surface area contributed by atoms with E-state index in [1.54, 1.807) is 17.7 Å². The van der Waals surface area contributed by atoms with Crippen LogP contribution in [0.4, 0.5) is 0 Å². The monoisotopic (exact) mass is 484 g/mol. The number of hydrogen-bond donors (Lipinski definition) is 2. The van der Waals surface area contributed by atoms with Gasteiger partial charge in [-0.1, -0.05) is 44.2 Å². The Morgan fingerprint density at radius 2 is 2.03 bits per heavy atom. The smallest absolute Gasteiger partial charge is 0.264 e. The lowest BCUT2D eigenvalue weighted by molar-refractivity contribution is 0.0708. The fraction of sp³-hybridized carbons (Fsp3) is 0.296. The number of piperazine rings is 1. The van der Waals surface area contributed by atoms with Crippen molar-refractivity contribution in [3.8, 4) is 11.3 Å². The summed E-state index contributed by atoms with van der Waals surface area (Å²) in [5.41, 5.74) is 7.59. The van der Waals surface area contributed by atoms with Crippen molar-refractivity contribution >= 4 is 33.1 Å². The molecule has 1 amide bonds. The number of pyridine rings is 1. The van der Waals surface area contributed by atoms with Crippen LogP contribution < -0.4 is 5.32 Å². The minimum atomic E-state index is 0.109. The highest BCUT2D eigenvalue weighted by molar-refractivity contribution is 7.21. The van der Waals surface area contributed by atoms with Crippen molar-refractivity contribution in [2.45, 2.75) is 32.7 Å². The van der Waals surface area contributed by atoms with Crippen molar-refractivity contribution in [3.63, 3.8) is 0 Å². The maximum atomic E-state index is 13.5. The summed E-state index contributed by atoms with van der Waals surface area (Å²) in [5.74, 6) is 0.409. The summed E-state index contributed by atoms with van der Waals surface area (Å²) in [6.07, 6.45) is 3.60. The Kier molecular flexibility index (Phi) is 5.42. The molecule has 0 radical (unpaired) electrons. The quantitative estimate of drug-likeness (QED) is 0.369.